The third-order valence-electron chi connectivity index (χ3n) is 1.89. The first-order chi connectivity index (χ1) is 6.85. The average molecular weight is 201 g/mol. The topological polar surface area (TPSA) is 49.6 Å². The van der Waals surface area contributed by atoms with E-state index >= 15 is 0 Å². The smallest absolute Gasteiger partial charge is 0.187 e. The molecule has 0 saturated carbocycles. The Morgan fingerprint density at radius 1 is 1.43 bits per heavy atom. The van der Waals surface area contributed by atoms with Crippen LogP contribution in [0.25, 0.3) is 10.9 Å². The van der Waals surface area contributed by atoms with E-state index in [4.69, 9.17) is 5.26 Å². The van der Waals surface area contributed by atoms with Crippen molar-refractivity contribution in [3.8, 4) is 6.07 Å². The van der Waals surface area contributed by atoms with Crippen molar-refractivity contribution in [3.05, 3.63) is 30.0 Å². The van der Waals surface area contributed by atoms with Gasteiger partial charge in [0.05, 0.1) is 11.1 Å². The first kappa shape index (κ1) is 8.97. The number of fused-ring (bicyclic) bond motifs is 1. The van der Waals surface area contributed by atoms with E-state index in [0.717, 1.165) is 10.9 Å². The fourth-order valence-electron chi connectivity index (χ4n) is 1.23. The first-order valence-corrected chi connectivity index (χ1v) is 5.27. The summed E-state index contributed by atoms with van der Waals surface area (Å²) in [5.41, 5.74) is 1.33. The molecule has 4 heteroatoms. The molecule has 0 amide bonds. The Bertz CT molecular complexity index is 516. The van der Waals surface area contributed by atoms with Gasteiger partial charge < -0.3 is 0 Å². The predicted octanol–water partition coefficient (Wildman–Crippen LogP) is 2.22. The molecule has 0 aliphatic carbocycles. The van der Waals surface area contributed by atoms with Crippen LogP contribution in [0.4, 0.5) is 0 Å². The third-order valence-corrected chi connectivity index (χ3v) is 2.45. The molecule has 2 rings (SSSR count). The van der Waals surface area contributed by atoms with Crippen LogP contribution >= 0.6 is 11.8 Å². The summed E-state index contributed by atoms with van der Waals surface area (Å²) in [6.45, 7) is 0. The monoisotopic (exact) mass is 201 g/mol. The highest BCUT2D eigenvalue weighted by atomic mass is 32.2. The van der Waals surface area contributed by atoms with Gasteiger partial charge in [-0.25, -0.2) is 9.97 Å². The minimum atomic E-state index is 0.597. The highest BCUT2D eigenvalue weighted by Crippen LogP contribution is 2.18. The zero-order valence-corrected chi connectivity index (χ0v) is 8.38. The lowest BCUT2D eigenvalue weighted by atomic mass is 10.1. The van der Waals surface area contributed by atoms with Gasteiger partial charge in [0.25, 0.3) is 0 Å². The second-order valence-electron chi connectivity index (χ2n) is 2.71. The molecule has 0 aliphatic rings. The quantitative estimate of drug-likeness (QED) is 0.524. The van der Waals surface area contributed by atoms with Crippen molar-refractivity contribution in [1.29, 1.82) is 5.26 Å². The van der Waals surface area contributed by atoms with Crippen molar-refractivity contribution in [2.24, 2.45) is 0 Å². The normalized spacial score (nSPS) is 10.0. The van der Waals surface area contributed by atoms with Gasteiger partial charge in [0.15, 0.2) is 5.16 Å². The highest BCUT2D eigenvalue weighted by Gasteiger charge is 2.02. The van der Waals surface area contributed by atoms with Crippen molar-refractivity contribution in [2.75, 3.05) is 6.26 Å². The van der Waals surface area contributed by atoms with Crippen LogP contribution < -0.4 is 0 Å². The number of nitriles is 1. The van der Waals surface area contributed by atoms with Crippen molar-refractivity contribution in [2.45, 2.75) is 5.16 Å². The Kier molecular flexibility index (Phi) is 2.33. The van der Waals surface area contributed by atoms with Gasteiger partial charge in [-0.1, -0.05) is 23.9 Å². The van der Waals surface area contributed by atoms with E-state index in [1.54, 1.807) is 12.3 Å². The van der Waals surface area contributed by atoms with E-state index in [1.165, 1.54) is 11.8 Å². The molecule has 0 N–H and O–H groups in total. The number of nitrogens with zero attached hydrogens (tertiary/aromatic N) is 3. The van der Waals surface area contributed by atoms with E-state index in [-0.39, 0.29) is 0 Å². The molecule has 1 aromatic heterocycles. The molecule has 2 aromatic rings. The number of rotatable bonds is 1. The van der Waals surface area contributed by atoms with Crippen LogP contribution in [-0.4, -0.2) is 16.2 Å². The molecule has 0 spiro atoms. The van der Waals surface area contributed by atoms with E-state index in [2.05, 4.69) is 16.0 Å². The number of hydrogen-bond acceptors (Lipinski definition) is 4. The second kappa shape index (κ2) is 3.64. The summed E-state index contributed by atoms with van der Waals surface area (Å²) >= 11 is 1.47. The van der Waals surface area contributed by atoms with Crippen LogP contribution in [-0.2, 0) is 0 Å². The van der Waals surface area contributed by atoms with E-state index < -0.39 is 0 Å². The maximum Gasteiger partial charge on any atom is 0.187 e. The number of hydrogen-bond donors (Lipinski definition) is 0. The standard InChI is InChI=1S/C10H7N3S/c1-14-10-12-6-8-4-2-3-7(5-11)9(8)13-10/h2-4,6H,1H3. The second-order valence-corrected chi connectivity index (χ2v) is 3.49. The largest absolute Gasteiger partial charge is 0.230 e. The Morgan fingerprint density at radius 3 is 3.00 bits per heavy atom. The Balaban J connectivity index is 2.78. The maximum atomic E-state index is 8.88. The van der Waals surface area contributed by atoms with Gasteiger partial charge in [-0.15, -0.1) is 0 Å². The molecule has 0 aliphatic heterocycles. The molecule has 3 nitrogen and oxygen atoms in total. The average Bonchev–Trinajstić information content (AvgIpc) is 2.27. The van der Waals surface area contributed by atoms with E-state index in [9.17, 15) is 0 Å². The molecule has 0 unspecified atom stereocenters. The minimum Gasteiger partial charge on any atom is -0.230 e. The number of aromatic nitrogens is 2. The van der Waals surface area contributed by atoms with Crippen LogP contribution in [0.5, 0.6) is 0 Å². The SMILES string of the molecule is CSc1ncc2cccc(C#N)c2n1. The third kappa shape index (κ3) is 1.42. The van der Waals surface area contributed by atoms with E-state index in [1.807, 2.05) is 18.4 Å². The van der Waals surface area contributed by atoms with Crippen LogP contribution in [0.15, 0.2) is 29.6 Å². The summed E-state index contributed by atoms with van der Waals surface area (Å²) in [7, 11) is 0. The number of thioether (sulfide) groups is 1. The van der Waals surface area contributed by atoms with Crippen molar-refractivity contribution < 1.29 is 0 Å². The van der Waals surface area contributed by atoms with Gasteiger partial charge in [0, 0.05) is 11.6 Å². The van der Waals surface area contributed by atoms with E-state index in [0.29, 0.717) is 10.7 Å². The van der Waals surface area contributed by atoms with Crippen LogP contribution in [0.3, 0.4) is 0 Å². The molecule has 0 fully saturated rings. The molecule has 0 bridgehead atoms. The van der Waals surface area contributed by atoms with Crippen molar-refractivity contribution >= 4 is 22.7 Å². The lowest BCUT2D eigenvalue weighted by Crippen LogP contribution is -1.89. The minimum absolute atomic E-state index is 0.597. The lowest BCUT2D eigenvalue weighted by molar-refractivity contribution is 1.01. The number of para-hydroxylation sites is 1. The van der Waals surface area contributed by atoms with Crippen molar-refractivity contribution in [3.63, 3.8) is 0 Å². The molecule has 14 heavy (non-hydrogen) atoms. The number of benzene rings is 1. The molecular formula is C10H7N3S. The Hall–Kier alpha value is -1.60. The predicted molar refractivity (Wildman–Crippen MR) is 56.0 cm³/mol. The molecule has 0 radical (unpaired) electrons. The van der Waals surface area contributed by atoms with Gasteiger partial charge in [-0.2, -0.15) is 5.26 Å². The molecule has 1 heterocycles. The molecule has 68 valence electrons. The fraction of sp³-hybridized carbons (Fsp3) is 0.100. The van der Waals surface area contributed by atoms with Crippen molar-refractivity contribution in [1.82, 2.24) is 9.97 Å². The molecule has 1 aromatic carbocycles. The lowest BCUT2D eigenvalue weighted by Gasteiger charge is -1.99. The Labute approximate surface area is 85.8 Å². The fourth-order valence-corrected chi connectivity index (χ4v) is 1.57. The zero-order valence-electron chi connectivity index (χ0n) is 7.56. The molecular weight excluding hydrogens is 194 g/mol. The van der Waals surface area contributed by atoms with Crippen LogP contribution in [0, 0.1) is 11.3 Å². The zero-order chi connectivity index (χ0) is 9.97. The summed E-state index contributed by atoms with van der Waals surface area (Å²) in [6.07, 6.45) is 3.66. The summed E-state index contributed by atoms with van der Waals surface area (Å²) in [5.74, 6) is 0. The summed E-state index contributed by atoms with van der Waals surface area (Å²) < 4.78 is 0. The van der Waals surface area contributed by atoms with Gasteiger partial charge in [-0.05, 0) is 12.3 Å². The summed E-state index contributed by atoms with van der Waals surface area (Å²) in [6, 6.07) is 7.62. The van der Waals surface area contributed by atoms with Crippen LogP contribution in [0.1, 0.15) is 5.56 Å². The Morgan fingerprint density at radius 2 is 2.29 bits per heavy atom. The van der Waals surface area contributed by atoms with Gasteiger partial charge in [0.1, 0.15) is 6.07 Å². The highest BCUT2D eigenvalue weighted by molar-refractivity contribution is 7.98. The molecule has 0 saturated heterocycles. The van der Waals surface area contributed by atoms with Gasteiger partial charge in [-0.3, -0.25) is 0 Å². The van der Waals surface area contributed by atoms with Crippen LogP contribution in [0.2, 0.25) is 0 Å². The van der Waals surface area contributed by atoms with Gasteiger partial charge >= 0.3 is 0 Å². The molecule has 0 atom stereocenters. The maximum absolute atomic E-state index is 8.88. The first-order valence-electron chi connectivity index (χ1n) is 4.05. The summed E-state index contributed by atoms with van der Waals surface area (Å²) in [4.78, 5) is 8.44. The van der Waals surface area contributed by atoms with Gasteiger partial charge in [0.2, 0.25) is 0 Å². The summed E-state index contributed by atoms with van der Waals surface area (Å²) in [5, 5.41) is 10.5.